The van der Waals surface area contributed by atoms with Crippen LogP contribution in [0.15, 0.2) is 0 Å². The molecule has 3 nitrogen and oxygen atoms in total. The Hall–Kier alpha value is -0.0900. The van der Waals surface area contributed by atoms with Crippen molar-refractivity contribution in [2.45, 2.75) is 64.8 Å². The van der Waals surface area contributed by atoms with E-state index in [1.165, 1.54) is 19.3 Å². The quantitative estimate of drug-likeness (QED) is 0.605. The van der Waals surface area contributed by atoms with Gasteiger partial charge in [-0.05, 0) is 19.8 Å². The standard InChI is InChI=1S/C12H27NO2S/c1-3-4-5-6-7-8-10-16(14,15)11-9-12(2)13/h12H,3-11,13H2,1-2H3. The predicted molar refractivity (Wildman–Crippen MR) is 70.3 cm³/mol. The lowest BCUT2D eigenvalue weighted by atomic mass is 10.1. The van der Waals surface area contributed by atoms with Crippen molar-refractivity contribution in [1.82, 2.24) is 0 Å². The zero-order chi connectivity index (χ0) is 12.4. The second kappa shape index (κ2) is 8.99. The normalized spacial score (nSPS) is 13.9. The minimum Gasteiger partial charge on any atom is -0.328 e. The summed E-state index contributed by atoms with van der Waals surface area (Å²) in [5.74, 6) is 0.589. The van der Waals surface area contributed by atoms with E-state index < -0.39 is 9.84 Å². The molecule has 0 aromatic rings. The van der Waals surface area contributed by atoms with Crippen LogP contribution >= 0.6 is 0 Å². The molecule has 1 unspecified atom stereocenters. The number of rotatable bonds is 10. The Balaban J connectivity index is 3.51. The maximum Gasteiger partial charge on any atom is 0.150 e. The Morgan fingerprint density at radius 3 is 2.12 bits per heavy atom. The summed E-state index contributed by atoms with van der Waals surface area (Å²) in [6.45, 7) is 4.03. The van der Waals surface area contributed by atoms with Gasteiger partial charge in [0.05, 0.1) is 11.5 Å². The van der Waals surface area contributed by atoms with E-state index >= 15 is 0 Å². The smallest absolute Gasteiger partial charge is 0.150 e. The molecule has 4 heteroatoms. The van der Waals surface area contributed by atoms with Gasteiger partial charge < -0.3 is 5.73 Å². The average molecular weight is 249 g/mol. The minimum atomic E-state index is -2.85. The highest BCUT2D eigenvalue weighted by Gasteiger charge is 2.10. The van der Waals surface area contributed by atoms with Crippen molar-refractivity contribution in [3.05, 3.63) is 0 Å². The molecule has 0 aromatic carbocycles. The molecule has 98 valence electrons. The highest BCUT2D eigenvalue weighted by atomic mass is 32.2. The monoisotopic (exact) mass is 249 g/mol. The molecule has 0 amide bonds. The lowest BCUT2D eigenvalue weighted by Crippen LogP contribution is -2.21. The van der Waals surface area contributed by atoms with Crippen LogP contribution < -0.4 is 5.73 Å². The first-order valence-corrected chi connectivity index (χ1v) is 8.26. The zero-order valence-corrected chi connectivity index (χ0v) is 11.6. The zero-order valence-electron chi connectivity index (χ0n) is 10.7. The SMILES string of the molecule is CCCCCCCCS(=O)(=O)CCC(C)N. The minimum absolute atomic E-state index is 0.0145. The summed E-state index contributed by atoms with van der Waals surface area (Å²) in [7, 11) is -2.85. The van der Waals surface area contributed by atoms with Gasteiger partial charge >= 0.3 is 0 Å². The fraction of sp³-hybridized carbons (Fsp3) is 1.00. The number of hydrogen-bond acceptors (Lipinski definition) is 3. The molecule has 0 heterocycles. The third kappa shape index (κ3) is 10.4. The van der Waals surface area contributed by atoms with E-state index in [2.05, 4.69) is 6.92 Å². The highest BCUT2D eigenvalue weighted by Crippen LogP contribution is 2.07. The lowest BCUT2D eigenvalue weighted by molar-refractivity contribution is 0.577. The van der Waals surface area contributed by atoms with Crippen molar-refractivity contribution in [2.75, 3.05) is 11.5 Å². The van der Waals surface area contributed by atoms with E-state index in [0.717, 1.165) is 19.3 Å². The van der Waals surface area contributed by atoms with Gasteiger partial charge in [-0.3, -0.25) is 0 Å². The summed E-state index contributed by atoms with van der Waals surface area (Å²) in [6, 6.07) is -0.0145. The van der Waals surface area contributed by atoms with E-state index in [1.807, 2.05) is 6.92 Å². The van der Waals surface area contributed by atoms with Crippen molar-refractivity contribution >= 4 is 9.84 Å². The van der Waals surface area contributed by atoms with Crippen LogP contribution in [0.3, 0.4) is 0 Å². The van der Waals surface area contributed by atoms with Gasteiger partial charge in [-0.25, -0.2) is 8.42 Å². The Labute approximate surface area is 101 Å². The molecule has 0 aromatic heterocycles. The first kappa shape index (κ1) is 15.9. The average Bonchev–Trinajstić information content (AvgIpc) is 2.21. The van der Waals surface area contributed by atoms with Crippen LogP contribution in [0.4, 0.5) is 0 Å². The molecule has 1 atom stereocenters. The fourth-order valence-corrected chi connectivity index (χ4v) is 3.15. The molecular weight excluding hydrogens is 222 g/mol. The lowest BCUT2D eigenvalue weighted by Gasteiger charge is -2.06. The Morgan fingerprint density at radius 1 is 1.00 bits per heavy atom. The van der Waals surface area contributed by atoms with E-state index in [9.17, 15) is 8.42 Å². The number of nitrogens with two attached hydrogens (primary N) is 1. The van der Waals surface area contributed by atoms with Gasteiger partial charge in [0.25, 0.3) is 0 Å². The van der Waals surface area contributed by atoms with E-state index in [0.29, 0.717) is 12.2 Å². The molecule has 0 spiro atoms. The van der Waals surface area contributed by atoms with Gasteiger partial charge in [0.2, 0.25) is 0 Å². The van der Waals surface area contributed by atoms with Crippen molar-refractivity contribution in [2.24, 2.45) is 5.73 Å². The summed E-state index contributed by atoms with van der Waals surface area (Å²) in [5.41, 5.74) is 5.54. The second-order valence-electron chi connectivity index (χ2n) is 4.69. The van der Waals surface area contributed by atoms with Crippen molar-refractivity contribution in [3.8, 4) is 0 Å². The van der Waals surface area contributed by atoms with Crippen LogP contribution in [-0.4, -0.2) is 26.0 Å². The van der Waals surface area contributed by atoms with Crippen LogP contribution in [0, 0.1) is 0 Å². The van der Waals surface area contributed by atoms with E-state index in [4.69, 9.17) is 5.73 Å². The highest BCUT2D eigenvalue weighted by molar-refractivity contribution is 7.91. The van der Waals surface area contributed by atoms with Crippen LogP contribution in [-0.2, 0) is 9.84 Å². The molecule has 2 N–H and O–H groups in total. The molecule has 0 aliphatic rings. The summed E-state index contributed by atoms with van der Waals surface area (Å²) in [4.78, 5) is 0. The molecule has 0 bridgehead atoms. The fourth-order valence-electron chi connectivity index (χ4n) is 1.57. The Morgan fingerprint density at radius 2 is 1.56 bits per heavy atom. The van der Waals surface area contributed by atoms with Crippen LogP contribution in [0.1, 0.15) is 58.8 Å². The van der Waals surface area contributed by atoms with Crippen LogP contribution in [0.5, 0.6) is 0 Å². The molecular formula is C12H27NO2S. The second-order valence-corrected chi connectivity index (χ2v) is 6.99. The Kier molecular flexibility index (Phi) is 8.94. The van der Waals surface area contributed by atoms with Gasteiger partial charge in [-0.1, -0.05) is 39.0 Å². The van der Waals surface area contributed by atoms with Crippen LogP contribution in [0.2, 0.25) is 0 Å². The Bertz CT molecular complexity index is 248. The largest absolute Gasteiger partial charge is 0.328 e. The van der Waals surface area contributed by atoms with Crippen molar-refractivity contribution < 1.29 is 8.42 Å². The van der Waals surface area contributed by atoms with Gasteiger partial charge in [0, 0.05) is 6.04 Å². The van der Waals surface area contributed by atoms with Gasteiger partial charge in [0.15, 0.2) is 0 Å². The van der Waals surface area contributed by atoms with Crippen LogP contribution in [0.25, 0.3) is 0 Å². The van der Waals surface area contributed by atoms with Crippen molar-refractivity contribution in [1.29, 1.82) is 0 Å². The van der Waals surface area contributed by atoms with E-state index in [1.54, 1.807) is 0 Å². The molecule has 0 aliphatic carbocycles. The first-order valence-electron chi connectivity index (χ1n) is 6.44. The molecule has 0 saturated heterocycles. The summed E-state index contributed by atoms with van der Waals surface area (Å²) in [5, 5.41) is 0. The molecule has 0 saturated carbocycles. The van der Waals surface area contributed by atoms with Gasteiger partial charge in [-0.2, -0.15) is 0 Å². The van der Waals surface area contributed by atoms with E-state index in [-0.39, 0.29) is 11.8 Å². The molecule has 0 radical (unpaired) electrons. The van der Waals surface area contributed by atoms with Crippen molar-refractivity contribution in [3.63, 3.8) is 0 Å². The molecule has 16 heavy (non-hydrogen) atoms. The third-order valence-corrected chi connectivity index (χ3v) is 4.46. The maximum atomic E-state index is 11.6. The number of sulfone groups is 1. The first-order chi connectivity index (χ1) is 7.48. The predicted octanol–water partition coefficient (Wildman–Crippen LogP) is 2.50. The topological polar surface area (TPSA) is 60.2 Å². The summed E-state index contributed by atoms with van der Waals surface area (Å²) < 4.78 is 23.1. The molecule has 0 fully saturated rings. The van der Waals surface area contributed by atoms with Gasteiger partial charge in [0.1, 0.15) is 9.84 Å². The van der Waals surface area contributed by atoms with Gasteiger partial charge in [-0.15, -0.1) is 0 Å². The summed E-state index contributed by atoms with van der Waals surface area (Å²) in [6.07, 6.45) is 7.32. The third-order valence-electron chi connectivity index (χ3n) is 2.69. The number of unbranched alkanes of at least 4 members (excludes halogenated alkanes) is 5. The maximum absolute atomic E-state index is 11.6. The molecule has 0 rings (SSSR count). The molecule has 0 aliphatic heterocycles. The number of hydrogen-bond donors (Lipinski definition) is 1. The summed E-state index contributed by atoms with van der Waals surface area (Å²) >= 11 is 0.